The van der Waals surface area contributed by atoms with Crippen LogP contribution in [0.15, 0.2) is 46.9 Å². The van der Waals surface area contributed by atoms with Crippen molar-refractivity contribution >= 4 is 64.8 Å². The highest BCUT2D eigenvalue weighted by Crippen LogP contribution is 2.28. The minimum Gasteiger partial charge on any atom is -0.302 e. The molecule has 3 heterocycles. The fourth-order valence-electron chi connectivity index (χ4n) is 2.53. The first-order chi connectivity index (χ1) is 14.8. The minimum atomic E-state index is -3.33. The molecule has 4 aromatic rings. The van der Waals surface area contributed by atoms with Crippen molar-refractivity contribution in [1.82, 2.24) is 19.9 Å². The molecule has 158 valence electrons. The predicted molar refractivity (Wildman–Crippen MR) is 117 cm³/mol. The lowest BCUT2D eigenvalue weighted by Crippen LogP contribution is -2.16. The average molecular weight is 475 g/mol. The maximum atomic E-state index is 12.4. The Morgan fingerprint density at radius 3 is 2.58 bits per heavy atom. The van der Waals surface area contributed by atoms with Crippen LogP contribution in [0.4, 0.5) is 10.3 Å². The van der Waals surface area contributed by atoms with Crippen LogP contribution < -0.4 is 10.6 Å². The second kappa shape index (κ2) is 8.45. The summed E-state index contributed by atoms with van der Waals surface area (Å²) in [7, 11) is -3.33. The van der Waals surface area contributed by atoms with Gasteiger partial charge in [0.15, 0.2) is 20.1 Å². The monoisotopic (exact) mass is 474 g/mol. The number of fused-ring (bicyclic) bond motifs is 1. The Balaban J connectivity index is 1.39. The molecule has 2 amide bonds. The van der Waals surface area contributed by atoms with Crippen LogP contribution in [-0.4, -0.2) is 46.4 Å². The number of benzene rings is 1. The van der Waals surface area contributed by atoms with Gasteiger partial charge in [-0.1, -0.05) is 11.3 Å². The maximum absolute atomic E-state index is 12.4. The summed E-state index contributed by atoms with van der Waals surface area (Å²) in [6.07, 6.45) is 4.04. The highest BCUT2D eigenvalue weighted by atomic mass is 32.2. The summed E-state index contributed by atoms with van der Waals surface area (Å²) in [6, 6.07) is 6.22. The van der Waals surface area contributed by atoms with Crippen LogP contribution in [0, 0.1) is 0 Å². The third-order valence-corrected chi connectivity index (χ3v) is 6.77. The minimum absolute atomic E-state index is 0.0152. The Morgan fingerprint density at radius 2 is 1.84 bits per heavy atom. The second-order valence-electron chi connectivity index (χ2n) is 6.32. The van der Waals surface area contributed by atoms with Crippen LogP contribution >= 0.6 is 22.7 Å². The molecule has 4 rings (SSSR count). The normalized spacial score (nSPS) is 11.4. The van der Waals surface area contributed by atoms with Gasteiger partial charge < -0.3 is 5.32 Å². The highest BCUT2D eigenvalue weighted by molar-refractivity contribution is 7.90. The van der Waals surface area contributed by atoms with Crippen molar-refractivity contribution in [1.29, 1.82) is 0 Å². The van der Waals surface area contributed by atoms with Crippen molar-refractivity contribution in [2.75, 3.05) is 16.9 Å². The molecule has 31 heavy (non-hydrogen) atoms. The topological polar surface area (TPSA) is 144 Å². The third-order valence-electron chi connectivity index (χ3n) is 3.92. The molecule has 0 saturated carbocycles. The summed E-state index contributed by atoms with van der Waals surface area (Å²) in [4.78, 5) is 40.9. The molecule has 0 aliphatic rings. The Labute approximate surface area is 184 Å². The molecule has 0 aliphatic heterocycles. The Bertz CT molecular complexity index is 1380. The molecular formula is C18H14N6O4S3. The first-order valence-electron chi connectivity index (χ1n) is 8.71. The first kappa shape index (κ1) is 21.0. The van der Waals surface area contributed by atoms with Gasteiger partial charge in [0.05, 0.1) is 27.2 Å². The molecule has 0 fully saturated rings. The predicted octanol–water partition coefficient (Wildman–Crippen LogP) is 2.38. The molecule has 13 heteroatoms. The standard InChI is InChI=1S/C18H14N6O4S3/c1-31(27,28)11-3-4-12-13(8-11)30-18(22-12)23-14(25)7-10-9-29-17(21-10)24-16(26)15-19-5-2-6-20-15/h2-6,8-9H,7H2,1H3,(H,21,24,26)(H,22,23,25). The van der Waals surface area contributed by atoms with Crippen molar-refractivity contribution in [3.63, 3.8) is 0 Å². The van der Waals surface area contributed by atoms with Crippen molar-refractivity contribution in [3.05, 3.63) is 53.6 Å². The summed E-state index contributed by atoms with van der Waals surface area (Å²) in [5.74, 6) is -0.808. The largest absolute Gasteiger partial charge is 0.302 e. The molecule has 0 spiro atoms. The number of amides is 2. The molecule has 10 nitrogen and oxygen atoms in total. The number of hydrogen-bond donors (Lipinski definition) is 2. The van der Waals surface area contributed by atoms with Gasteiger partial charge >= 0.3 is 0 Å². The lowest BCUT2D eigenvalue weighted by atomic mass is 10.3. The number of thiazole rings is 2. The van der Waals surface area contributed by atoms with E-state index in [9.17, 15) is 18.0 Å². The van der Waals surface area contributed by atoms with Crippen molar-refractivity contribution in [2.24, 2.45) is 0 Å². The van der Waals surface area contributed by atoms with Crippen LogP contribution in [0.3, 0.4) is 0 Å². The highest BCUT2D eigenvalue weighted by Gasteiger charge is 2.15. The van der Waals surface area contributed by atoms with Crippen LogP contribution in [0.5, 0.6) is 0 Å². The molecule has 3 aromatic heterocycles. The maximum Gasteiger partial charge on any atom is 0.295 e. The smallest absolute Gasteiger partial charge is 0.295 e. The molecule has 0 aliphatic carbocycles. The molecule has 0 radical (unpaired) electrons. The SMILES string of the molecule is CS(=O)(=O)c1ccc2nc(NC(=O)Cc3csc(NC(=O)c4ncccn4)n3)sc2c1. The van der Waals surface area contributed by atoms with Gasteiger partial charge in [-0.15, -0.1) is 11.3 Å². The van der Waals surface area contributed by atoms with E-state index in [1.807, 2.05) is 0 Å². The van der Waals surface area contributed by atoms with E-state index in [1.165, 1.54) is 47.2 Å². The number of nitrogens with one attached hydrogen (secondary N) is 2. The Kier molecular flexibility index (Phi) is 5.71. The lowest BCUT2D eigenvalue weighted by molar-refractivity contribution is -0.115. The quantitative estimate of drug-likeness (QED) is 0.433. The van der Waals surface area contributed by atoms with E-state index in [-0.39, 0.29) is 23.0 Å². The Hall–Kier alpha value is -3.29. The third kappa shape index (κ3) is 5.07. The van der Waals surface area contributed by atoms with E-state index < -0.39 is 15.7 Å². The number of carbonyl (C=O) groups excluding carboxylic acids is 2. The van der Waals surface area contributed by atoms with Crippen molar-refractivity contribution in [3.8, 4) is 0 Å². The van der Waals surface area contributed by atoms with Crippen molar-refractivity contribution in [2.45, 2.75) is 11.3 Å². The molecule has 0 unspecified atom stereocenters. The molecule has 2 N–H and O–H groups in total. The number of sulfone groups is 1. The second-order valence-corrected chi connectivity index (χ2v) is 10.2. The Morgan fingerprint density at radius 1 is 1.06 bits per heavy atom. The number of aromatic nitrogens is 4. The van der Waals surface area contributed by atoms with Gasteiger partial charge in [0.2, 0.25) is 11.7 Å². The molecule has 0 saturated heterocycles. The van der Waals surface area contributed by atoms with Gasteiger partial charge in [-0.25, -0.2) is 28.4 Å². The number of hydrogen-bond acceptors (Lipinski definition) is 10. The summed E-state index contributed by atoms with van der Waals surface area (Å²) in [5.41, 5.74) is 1.07. The molecule has 0 bridgehead atoms. The molecular weight excluding hydrogens is 460 g/mol. The van der Waals surface area contributed by atoms with Crippen LogP contribution in [0.1, 0.15) is 16.3 Å². The van der Waals surface area contributed by atoms with E-state index in [0.717, 1.165) is 6.26 Å². The summed E-state index contributed by atoms with van der Waals surface area (Å²) >= 11 is 2.36. The number of carbonyl (C=O) groups is 2. The molecule has 0 atom stereocenters. The summed E-state index contributed by atoms with van der Waals surface area (Å²) < 4.78 is 24.0. The fraction of sp³-hybridized carbons (Fsp3) is 0.111. The van der Waals surface area contributed by atoms with Crippen LogP contribution in [0.2, 0.25) is 0 Å². The molecule has 1 aromatic carbocycles. The van der Waals surface area contributed by atoms with Gasteiger partial charge in [-0.2, -0.15) is 0 Å². The average Bonchev–Trinajstić information content (AvgIpc) is 3.33. The van der Waals surface area contributed by atoms with E-state index in [0.29, 0.717) is 26.2 Å². The zero-order chi connectivity index (χ0) is 22.0. The van der Waals surface area contributed by atoms with Gasteiger partial charge in [-0.3, -0.25) is 14.9 Å². The van der Waals surface area contributed by atoms with Crippen LogP contribution in [-0.2, 0) is 21.1 Å². The van der Waals surface area contributed by atoms with Gasteiger partial charge in [0.25, 0.3) is 5.91 Å². The van der Waals surface area contributed by atoms with E-state index in [1.54, 1.807) is 17.5 Å². The fourth-order valence-corrected chi connectivity index (χ4v) is 4.88. The van der Waals surface area contributed by atoms with Gasteiger partial charge in [0.1, 0.15) is 0 Å². The first-order valence-corrected chi connectivity index (χ1v) is 12.3. The number of nitrogens with zero attached hydrogens (tertiary/aromatic N) is 4. The zero-order valence-electron chi connectivity index (χ0n) is 15.9. The van der Waals surface area contributed by atoms with Gasteiger partial charge in [-0.05, 0) is 24.3 Å². The summed E-state index contributed by atoms with van der Waals surface area (Å²) in [6.45, 7) is 0. The zero-order valence-corrected chi connectivity index (χ0v) is 18.3. The van der Waals surface area contributed by atoms with Crippen LogP contribution in [0.25, 0.3) is 10.2 Å². The summed E-state index contributed by atoms with van der Waals surface area (Å²) in [5, 5.41) is 7.63. The lowest BCUT2D eigenvalue weighted by Gasteiger charge is -2.00. The van der Waals surface area contributed by atoms with Gasteiger partial charge in [0, 0.05) is 24.0 Å². The number of anilines is 2. The van der Waals surface area contributed by atoms with E-state index in [2.05, 4.69) is 30.6 Å². The van der Waals surface area contributed by atoms with E-state index >= 15 is 0 Å². The van der Waals surface area contributed by atoms with Crippen molar-refractivity contribution < 1.29 is 18.0 Å². The van der Waals surface area contributed by atoms with E-state index in [4.69, 9.17) is 0 Å². The number of rotatable bonds is 6.